The lowest BCUT2D eigenvalue weighted by Crippen LogP contribution is -2.43. The molecule has 0 aliphatic heterocycles. The summed E-state index contributed by atoms with van der Waals surface area (Å²) in [7, 11) is 0. The van der Waals surface area contributed by atoms with Crippen LogP contribution in [-0.4, -0.2) is 28.9 Å². The van der Waals surface area contributed by atoms with Crippen LogP contribution >= 0.6 is 0 Å². The fourth-order valence-electron chi connectivity index (χ4n) is 2.62. The van der Waals surface area contributed by atoms with Crippen LogP contribution in [0.1, 0.15) is 90.4 Å². The zero-order chi connectivity index (χ0) is 18.2. The van der Waals surface area contributed by atoms with Gasteiger partial charge in [-0.25, -0.2) is 4.79 Å². The zero-order valence-electron chi connectivity index (χ0n) is 15.0. The molecule has 0 aliphatic rings. The van der Waals surface area contributed by atoms with E-state index in [2.05, 4.69) is 12.2 Å². The van der Waals surface area contributed by atoms with Gasteiger partial charge in [-0.3, -0.25) is 9.59 Å². The first kappa shape index (κ1) is 22.4. The number of primary amides is 1. The van der Waals surface area contributed by atoms with E-state index in [4.69, 9.17) is 10.8 Å². The van der Waals surface area contributed by atoms with Crippen LogP contribution in [0.2, 0.25) is 0 Å². The summed E-state index contributed by atoms with van der Waals surface area (Å²) in [5, 5.41) is 11.3. The number of rotatable bonds is 16. The predicted molar refractivity (Wildman–Crippen MR) is 94.5 cm³/mol. The molecule has 24 heavy (non-hydrogen) atoms. The number of carbonyl (C=O) groups is 3. The van der Waals surface area contributed by atoms with Crippen LogP contribution in [0.3, 0.4) is 0 Å². The van der Waals surface area contributed by atoms with E-state index in [0.717, 1.165) is 19.3 Å². The van der Waals surface area contributed by atoms with Crippen LogP contribution in [0.15, 0.2) is 0 Å². The number of unbranched alkanes of at least 4 members (excludes halogenated alkanes) is 10. The van der Waals surface area contributed by atoms with E-state index >= 15 is 0 Å². The van der Waals surface area contributed by atoms with Crippen molar-refractivity contribution in [1.29, 1.82) is 0 Å². The minimum Gasteiger partial charge on any atom is -0.480 e. The third-order valence-corrected chi connectivity index (χ3v) is 4.05. The summed E-state index contributed by atoms with van der Waals surface area (Å²) >= 11 is 0. The SMILES string of the molecule is CCCCCCCCCCCCCC(=O)NC(CC(N)=O)C(=O)O. The number of nitrogens with one attached hydrogen (secondary N) is 1. The Hall–Kier alpha value is -1.59. The van der Waals surface area contributed by atoms with Crippen molar-refractivity contribution < 1.29 is 19.5 Å². The lowest BCUT2D eigenvalue weighted by atomic mass is 10.1. The summed E-state index contributed by atoms with van der Waals surface area (Å²) in [5.74, 6) is -2.31. The number of carbonyl (C=O) groups excluding carboxylic acids is 2. The van der Waals surface area contributed by atoms with Crippen LogP contribution < -0.4 is 11.1 Å². The first-order chi connectivity index (χ1) is 11.5. The standard InChI is InChI=1S/C18H34N2O4/c1-2-3-4-5-6-7-8-9-10-11-12-13-17(22)20-15(18(23)24)14-16(19)21/h15H,2-14H2,1H3,(H2,19,21)(H,20,22)(H,23,24). The van der Waals surface area contributed by atoms with E-state index in [1.807, 2.05) is 0 Å². The Labute approximate surface area is 145 Å². The predicted octanol–water partition coefficient (Wildman–Crippen LogP) is 3.13. The molecule has 2 amide bonds. The Bertz CT molecular complexity index is 372. The van der Waals surface area contributed by atoms with E-state index in [1.54, 1.807) is 0 Å². The van der Waals surface area contributed by atoms with Gasteiger partial charge < -0.3 is 16.2 Å². The van der Waals surface area contributed by atoms with Crippen molar-refractivity contribution in [3.8, 4) is 0 Å². The Morgan fingerprint density at radius 3 is 1.75 bits per heavy atom. The Balaban J connectivity index is 3.54. The average Bonchev–Trinajstić information content (AvgIpc) is 2.51. The van der Waals surface area contributed by atoms with Crippen LogP contribution in [0.25, 0.3) is 0 Å². The highest BCUT2D eigenvalue weighted by atomic mass is 16.4. The highest BCUT2D eigenvalue weighted by Gasteiger charge is 2.21. The van der Waals surface area contributed by atoms with Crippen molar-refractivity contribution in [3.05, 3.63) is 0 Å². The Kier molecular flexibility index (Phi) is 14.0. The lowest BCUT2D eigenvalue weighted by Gasteiger charge is -2.12. The van der Waals surface area contributed by atoms with Crippen LogP contribution in [0, 0.1) is 0 Å². The van der Waals surface area contributed by atoms with Crippen molar-refractivity contribution in [3.63, 3.8) is 0 Å². The number of nitrogens with two attached hydrogens (primary N) is 1. The molecule has 0 saturated carbocycles. The first-order valence-corrected chi connectivity index (χ1v) is 9.27. The molecule has 0 fully saturated rings. The van der Waals surface area contributed by atoms with E-state index < -0.39 is 17.9 Å². The molecule has 0 aliphatic carbocycles. The van der Waals surface area contributed by atoms with Crippen LogP contribution in [0.5, 0.6) is 0 Å². The molecule has 0 aromatic carbocycles. The second-order valence-electron chi connectivity index (χ2n) is 6.41. The third kappa shape index (κ3) is 14.0. The lowest BCUT2D eigenvalue weighted by molar-refractivity contribution is -0.143. The van der Waals surface area contributed by atoms with Gasteiger partial charge in [-0.05, 0) is 6.42 Å². The molecule has 0 aromatic heterocycles. The molecule has 0 heterocycles. The Morgan fingerprint density at radius 1 is 0.875 bits per heavy atom. The zero-order valence-corrected chi connectivity index (χ0v) is 15.0. The van der Waals surface area contributed by atoms with Crippen molar-refractivity contribution >= 4 is 17.8 Å². The molecule has 4 N–H and O–H groups in total. The summed E-state index contributed by atoms with van der Waals surface area (Å²) in [6.07, 6.45) is 13.1. The molecular formula is C18H34N2O4. The summed E-state index contributed by atoms with van der Waals surface area (Å²) < 4.78 is 0. The third-order valence-electron chi connectivity index (χ3n) is 4.05. The maximum Gasteiger partial charge on any atom is 0.326 e. The molecule has 1 unspecified atom stereocenters. The minimum atomic E-state index is -1.24. The van der Waals surface area contributed by atoms with Crippen molar-refractivity contribution in [2.45, 2.75) is 96.4 Å². The molecule has 0 aromatic rings. The fourth-order valence-corrected chi connectivity index (χ4v) is 2.62. The summed E-state index contributed by atoms with van der Waals surface area (Å²) in [5.41, 5.74) is 4.97. The number of carboxylic acid groups (broad SMARTS) is 1. The molecule has 0 rings (SSSR count). The molecule has 0 spiro atoms. The average molecular weight is 342 g/mol. The number of carboxylic acids is 1. The van der Waals surface area contributed by atoms with Crippen molar-refractivity contribution in [1.82, 2.24) is 5.32 Å². The van der Waals surface area contributed by atoms with Gasteiger partial charge in [0.05, 0.1) is 6.42 Å². The monoisotopic (exact) mass is 342 g/mol. The fraction of sp³-hybridized carbons (Fsp3) is 0.833. The number of aliphatic carboxylic acids is 1. The van der Waals surface area contributed by atoms with E-state index in [1.165, 1.54) is 51.4 Å². The number of hydrogen-bond donors (Lipinski definition) is 3. The number of amides is 2. The molecule has 6 nitrogen and oxygen atoms in total. The van der Waals surface area contributed by atoms with Gasteiger partial charge in [0.25, 0.3) is 0 Å². The Morgan fingerprint density at radius 2 is 1.33 bits per heavy atom. The second kappa shape index (κ2) is 15.0. The van der Waals surface area contributed by atoms with Gasteiger partial charge in [0, 0.05) is 6.42 Å². The van der Waals surface area contributed by atoms with Gasteiger partial charge in [0.2, 0.25) is 11.8 Å². The maximum absolute atomic E-state index is 11.7. The van der Waals surface area contributed by atoms with Gasteiger partial charge >= 0.3 is 5.97 Å². The molecule has 0 saturated heterocycles. The molecule has 0 bridgehead atoms. The normalized spacial score (nSPS) is 11.9. The van der Waals surface area contributed by atoms with Crippen molar-refractivity contribution in [2.24, 2.45) is 5.73 Å². The maximum atomic E-state index is 11.7. The van der Waals surface area contributed by atoms with Gasteiger partial charge in [-0.2, -0.15) is 0 Å². The summed E-state index contributed by atoms with van der Waals surface area (Å²) in [6.45, 7) is 2.22. The van der Waals surface area contributed by atoms with Crippen LogP contribution in [-0.2, 0) is 14.4 Å². The molecule has 1 atom stereocenters. The summed E-state index contributed by atoms with van der Waals surface area (Å²) in [4.78, 5) is 33.3. The first-order valence-electron chi connectivity index (χ1n) is 9.27. The molecule has 6 heteroatoms. The quantitative estimate of drug-likeness (QED) is 0.374. The highest BCUT2D eigenvalue weighted by molar-refractivity contribution is 5.88. The summed E-state index contributed by atoms with van der Waals surface area (Å²) in [6, 6.07) is -1.22. The van der Waals surface area contributed by atoms with Gasteiger partial charge in [-0.15, -0.1) is 0 Å². The highest BCUT2D eigenvalue weighted by Crippen LogP contribution is 2.11. The molecule has 140 valence electrons. The molecular weight excluding hydrogens is 308 g/mol. The topological polar surface area (TPSA) is 109 Å². The van der Waals surface area contributed by atoms with E-state index in [0.29, 0.717) is 6.42 Å². The minimum absolute atomic E-state index is 0.291. The largest absolute Gasteiger partial charge is 0.480 e. The van der Waals surface area contributed by atoms with Crippen LogP contribution in [0.4, 0.5) is 0 Å². The van der Waals surface area contributed by atoms with Gasteiger partial charge in [0.15, 0.2) is 0 Å². The second-order valence-corrected chi connectivity index (χ2v) is 6.41. The van der Waals surface area contributed by atoms with E-state index in [9.17, 15) is 14.4 Å². The van der Waals surface area contributed by atoms with Gasteiger partial charge in [-0.1, -0.05) is 71.1 Å². The van der Waals surface area contributed by atoms with Gasteiger partial charge in [0.1, 0.15) is 6.04 Å². The smallest absolute Gasteiger partial charge is 0.326 e. The number of hydrogen-bond acceptors (Lipinski definition) is 3. The van der Waals surface area contributed by atoms with E-state index in [-0.39, 0.29) is 12.3 Å². The van der Waals surface area contributed by atoms with Crippen molar-refractivity contribution in [2.75, 3.05) is 0 Å². The molecule has 0 radical (unpaired) electrons.